The van der Waals surface area contributed by atoms with Crippen LogP contribution in [-0.4, -0.2) is 52.7 Å². The van der Waals surface area contributed by atoms with Gasteiger partial charge in [-0.05, 0) is 44.9 Å². The van der Waals surface area contributed by atoms with Crippen LogP contribution in [0.2, 0.25) is 0 Å². The Balaban J connectivity index is 1.71. The minimum atomic E-state index is -0.194. The third kappa shape index (κ3) is 2.80. The number of hydrogen-bond acceptors (Lipinski definition) is 2. The van der Waals surface area contributed by atoms with E-state index < -0.39 is 0 Å². The molecule has 2 heterocycles. The van der Waals surface area contributed by atoms with Crippen molar-refractivity contribution in [1.29, 1.82) is 0 Å². The lowest BCUT2D eigenvalue weighted by molar-refractivity contribution is 0.00375. The van der Waals surface area contributed by atoms with Gasteiger partial charge in [-0.15, -0.1) is 0 Å². The second-order valence-corrected chi connectivity index (χ2v) is 6.75. The lowest BCUT2D eigenvalue weighted by Gasteiger charge is -2.44. The maximum Gasteiger partial charge on any atom is 0.320 e. The highest BCUT2D eigenvalue weighted by Crippen LogP contribution is 2.34. The van der Waals surface area contributed by atoms with Gasteiger partial charge in [0, 0.05) is 31.6 Å². The smallest absolute Gasteiger partial charge is 0.320 e. The Kier molecular flexibility index (Phi) is 4.49. The molecule has 3 fully saturated rings. The Morgan fingerprint density at radius 3 is 2.25 bits per heavy atom. The number of piperidine rings is 1. The topological polar surface area (TPSA) is 43.8 Å². The standard InChI is InChI=1S/C16H28N2O2/c19-15-9-2-1-7-13(15)14-8-3-4-12-18(14)16(20)17-10-5-6-11-17/h13-15,19H,1-12H2. The maximum absolute atomic E-state index is 12.7. The van der Waals surface area contributed by atoms with E-state index in [1.54, 1.807) is 0 Å². The molecule has 2 aliphatic heterocycles. The molecular formula is C16H28N2O2. The maximum atomic E-state index is 12.7. The summed E-state index contributed by atoms with van der Waals surface area (Å²) in [5.41, 5.74) is 0. The van der Waals surface area contributed by atoms with Gasteiger partial charge in [0.2, 0.25) is 0 Å². The van der Waals surface area contributed by atoms with Gasteiger partial charge in [0.05, 0.1) is 6.10 Å². The number of aliphatic hydroxyl groups excluding tert-OH is 1. The number of carbonyl (C=O) groups is 1. The summed E-state index contributed by atoms with van der Waals surface area (Å²) in [6.07, 6.45) is 9.89. The third-order valence-electron chi connectivity index (χ3n) is 5.45. The Labute approximate surface area is 122 Å². The first-order valence-electron chi connectivity index (χ1n) is 8.51. The molecule has 1 saturated carbocycles. The van der Waals surface area contributed by atoms with Crippen molar-refractivity contribution in [3.63, 3.8) is 0 Å². The fraction of sp³-hybridized carbons (Fsp3) is 0.938. The Morgan fingerprint density at radius 1 is 0.850 bits per heavy atom. The normalized spacial score (nSPS) is 35.4. The molecule has 2 saturated heterocycles. The van der Waals surface area contributed by atoms with Gasteiger partial charge in [-0.2, -0.15) is 0 Å². The summed E-state index contributed by atoms with van der Waals surface area (Å²) < 4.78 is 0. The van der Waals surface area contributed by atoms with Crippen LogP contribution in [0.25, 0.3) is 0 Å². The Bertz CT molecular complexity index is 341. The SMILES string of the molecule is O=C(N1CCCC1)N1CCCCC1C1CCCCC1O. The minimum absolute atomic E-state index is 0.194. The van der Waals surface area contributed by atoms with Gasteiger partial charge in [0.15, 0.2) is 0 Å². The molecule has 1 aliphatic carbocycles. The summed E-state index contributed by atoms with van der Waals surface area (Å²) in [6.45, 7) is 2.74. The van der Waals surface area contributed by atoms with Crippen LogP contribution in [0.4, 0.5) is 4.79 Å². The number of hydrogen-bond donors (Lipinski definition) is 1. The molecule has 114 valence electrons. The van der Waals surface area contributed by atoms with Crippen LogP contribution < -0.4 is 0 Å². The first-order chi connectivity index (χ1) is 9.77. The molecule has 3 aliphatic rings. The summed E-state index contributed by atoms with van der Waals surface area (Å²) in [5, 5.41) is 10.3. The van der Waals surface area contributed by atoms with Crippen LogP contribution in [-0.2, 0) is 0 Å². The van der Waals surface area contributed by atoms with Crippen LogP contribution in [0.3, 0.4) is 0 Å². The summed E-state index contributed by atoms with van der Waals surface area (Å²) >= 11 is 0. The highest BCUT2D eigenvalue weighted by molar-refractivity contribution is 5.75. The van der Waals surface area contributed by atoms with Crippen molar-refractivity contribution < 1.29 is 9.90 Å². The molecule has 0 aromatic rings. The van der Waals surface area contributed by atoms with Crippen molar-refractivity contribution >= 4 is 6.03 Å². The minimum Gasteiger partial charge on any atom is -0.393 e. The van der Waals surface area contributed by atoms with Crippen molar-refractivity contribution in [2.45, 2.75) is 69.9 Å². The van der Waals surface area contributed by atoms with E-state index in [4.69, 9.17) is 0 Å². The van der Waals surface area contributed by atoms with E-state index in [1.807, 2.05) is 4.90 Å². The lowest BCUT2D eigenvalue weighted by Crippen LogP contribution is -2.54. The molecule has 3 rings (SSSR count). The number of likely N-dealkylation sites (tertiary alicyclic amines) is 2. The van der Waals surface area contributed by atoms with Crippen molar-refractivity contribution in [2.75, 3.05) is 19.6 Å². The number of amides is 2. The second-order valence-electron chi connectivity index (χ2n) is 6.75. The van der Waals surface area contributed by atoms with Crippen molar-refractivity contribution in [3.05, 3.63) is 0 Å². The van der Waals surface area contributed by atoms with Gasteiger partial charge in [0.25, 0.3) is 0 Å². The second kappa shape index (κ2) is 6.33. The molecule has 3 atom stereocenters. The lowest BCUT2D eigenvalue weighted by atomic mass is 9.78. The number of urea groups is 1. The van der Waals surface area contributed by atoms with E-state index >= 15 is 0 Å². The van der Waals surface area contributed by atoms with Gasteiger partial charge in [0.1, 0.15) is 0 Å². The van der Waals surface area contributed by atoms with Crippen molar-refractivity contribution in [2.24, 2.45) is 5.92 Å². The Hall–Kier alpha value is -0.770. The van der Waals surface area contributed by atoms with Crippen LogP contribution >= 0.6 is 0 Å². The van der Waals surface area contributed by atoms with E-state index in [1.165, 1.54) is 12.8 Å². The van der Waals surface area contributed by atoms with E-state index in [-0.39, 0.29) is 18.2 Å². The van der Waals surface area contributed by atoms with Gasteiger partial charge < -0.3 is 14.9 Å². The number of carbonyl (C=O) groups excluding carboxylic acids is 1. The predicted octanol–water partition coefficient (Wildman–Crippen LogP) is 2.61. The molecule has 20 heavy (non-hydrogen) atoms. The van der Waals surface area contributed by atoms with E-state index in [0.717, 1.165) is 64.6 Å². The fourth-order valence-corrected chi connectivity index (χ4v) is 4.32. The zero-order valence-electron chi connectivity index (χ0n) is 12.5. The molecule has 3 unspecified atom stereocenters. The number of aliphatic hydroxyl groups is 1. The van der Waals surface area contributed by atoms with E-state index in [0.29, 0.717) is 5.92 Å². The molecule has 1 N–H and O–H groups in total. The van der Waals surface area contributed by atoms with Gasteiger partial charge >= 0.3 is 6.03 Å². The quantitative estimate of drug-likeness (QED) is 0.802. The molecule has 0 aromatic heterocycles. The summed E-state index contributed by atoms with van der Waals surface area (Å²) in [4.78, 5) is 16.9. The molecule has 0 spiro atoms. The van der Waals surface area contributed by atoms with Crippen LogP contribution in [0.5, 0.6) is 0 Å². The van der Waals surface area contributed by atoms with E-state index in [9.17, 15) is 9.90 Å². The first-order valence-corrected chi connectivity index (χ1v) is 8.51. The molecule has 0 bridgehead atoms. The average molecular weight is 280 g/mol. The monoisotopic (exact) mass is 280 g/mol. The van der Waals surface area contributed by atoms with Gasteiger partial charge in [-0.1, -0.05) is 12.8 Å². The zero-order chi connectivity index (χ0) is 13.9. The van der Waals surface area contributed by atoms with Crippen LogP contribution in [0.15, 0.2) is 0 Å². The molecule has 4 nitrogen and oxygen atoms in total. The predicted molar refractivity (Wildman–Crippen MR) is 78.5 cm³/mol. The molecule has 4 heteroatoms. The first kappa shape index (κ1) is 14.2. The molecule has 2 amide bonds. The average Bonchev–Trinajstić information content (AvgIpc) is 3.01. The largest absolute Gasteiger partial charge is 0.393 e. The summed E-state index contributed by atoms with van der Waals surface area (Å²) in [6, 6.07) is 0.525. The third-order valence-corrected chi connectivity index (χ3v) is 5.45. The number of nitrogens with zero attached hydrogens (tertiary/aromatic N) is 2. The zero-order valence-corrected chi connectivity index (χ0v) is 12.5. The summed E-state index contributed by atoms with van der Waals surface area (Å²) in [5.74, 6) is 0.315. The molecule has 0 aromatic carbocycles. The van der Waals surface area contributed by atoms with Crippen LogP contribution in [0.1, 0.15) is 57.8 Å². The highest BCUT2D eigenvalue weighted by Gasteiger charge is 2.39. The Morgan fingerprint density at radius 2 is 1.50 bits per heavy atom. The highest BCUT2D eigenvalue weighted by atomic mass is 16.3. The fourth-order valence-electron chi connectivity index (χ4n) is 4.32. The van der Waals surface area contributed by atoms with E-state index in [2.05, 4.69) is 4.90 Å². The van der Waals surface area contributed by atoms with Crippen molar-refractivity contribution in [1.82, 2.24) is 9.80 Å². The van der Waals surface area contributed by atoms with Gasteiger partial charge in [-0.3, -0.25) is 0 Å². The number of rotatable bonds is 1. The van der Waals surface area contributed by atoms with Crippen LogP contribution in [0, 0.1) is 5.92 Å². The van der Waals surface area contributed by atoms with Gasteiger partial charge in [-0.25, -0.2) is 4.79 Å². The molecule has 0 radical (unpaired) electrons. The molecular weight excluding hydrogens is 252 g/mol. The summed E-state index contributed by atoms with van der Waals surface area (Å²) in [7, 11) is 0. The van der Waals surface area contributed by atoms with Crippen molar-refractivity contribution in [3.8, 4) is 0 Å².